The van der Waals surface area contributed by atoms with Gasteiger partial charge in [0, 0.05) is 36.7 Å². The Hall–Kier alpha value is -2.18. The quantitative estimate of drug-likeness (QED) is 0.888. The molecule has 116 valence electrons. The SMILES string of the molecule is O=C(c1ccc(-c2cnco2)cc1)N1CC[C@H](CO)[C@H](O)C1. The highest BCUT2D eigenvalue weighted by Gasteiger charge is 2.30. The summed E-state index contributed by atoms with van der Waals surface area (Å²) in [5, 5.41) is 19.1. The average molecular weight is 302 g/mol. The molecule has 0 saturated carbocycles. The third-order valence-corrected chi connectivity index (χ3v) is 4.09. The van der Waals surface area contributed by atoms with Crippen LogP contribution in [0.1, 0.15) is 16.8 Å². The molecule has 1 amide bonds. The number of oxazole rings is 1. The first-order chi connectivity index (χ1) is 10.7. The lowest BCUT2D eigenvalue weighted by Gasteiger charge is -2.35. The van der Waals surface area contributed by atoms with E-state index in [1.54, 1.807) is 23.2 Å². The molecule has 1 fully saturated rings. The molecule has 1 aromatic heterocycles. The number of carbonyl (C=O) groups is 1. The first-order valence-electron chi connectivity index (χ1n) is 7.26. The highest BCUT2D eigenvalue weighted by molar-refractivity contribution is 5.94. The van der Waals surface area contributed by atoms with Crippen molar-refractivity contribution in [1.29, 1.82) is 0 Å². The van der Waals surface area contributed by atoms with Crippen LogP contribution in [0.2, 0.25) is 0 Å². The van der Waals surface area contributed by atoms with Gasteiger partial charge in [0.1, 0.15) is 0 Å². The first-order valence-corrected chi connectivity index (χ1v) is 7.26. The van der Waals surface area contributed by atoms with Gasteiger partial charge in [-0.1, -0.05) is 12.1 Å². The molecular weight excluding hydrogens is 284 g/mol. The van der Waals surface area contributed by atoms with Crippen LogP contribution in [0.25, 0.3) is 11.3 Å². The van der Waals surface area contributed by atoms with Crippen LogP contribution < -0.4 is 0 Å². The fourth-order valence-corrected chi connectivity index (χ4v) is 2.70. The van der Waals surface area contributed by atoms with E-state index >= 15 is 0 Å². The number of β-amino-alcohol motifs (C(OH)–C–C–N with tert-alkyl or cyclic N) is 1. The summed E-state index contributed by atoms with van der Waals surface area (Å²) in [6.45, 7) is 0.758. The minimum absolute atomic E-state index is 0.0466. The van der Waals surface area contributed by atoms with E-state index in [9.17, 15) is 9.90 Å². The Kier molecular flexibility index (Phi) is 4.22. The van der Waals surface area contributed by atoms with Gasteiger partial charge in [0.15, 0.2) is 12.2 Å². The summed E-state index contributed by atoms with van der Waals surface area (Å²) in [5.41, 5.74) is 1.42. The number of benzene rings is 1. The van der Waals surface area contributed by atoms with E-state index in [0.29, 0.717) is 24.3 Å². The standard InChI is InChI=1S/C16H18N2O4/c19-9-13-5-6-18(8-14(13)20)16(21)12-3-1-11(2-4-12)15-7-17-10-22-15/h1-4,7,10,13-14,19-20H,5-6,8-9H2/t13-,14-/m1/s1. The first kappa shape index (κ1) is 14.7. The number of piperidine rings is 1. The number of carbonyl (C=O) groups excluding carboxylic acids is 1. The van der Waals surface area contributed by atoms with Gasteiger partial charge in [-0.2, -0.15) is 0 Å². The molecule has 1 aromatic carbocycles. The monoisotopic (exact) mass is 302 g/mol. The van der Waals surface area contributed by atoms with Crippen molar-refractivity contribution in [3.8, 4) is 11.3 Å². The molecule has 0 unspecified atom stereocenters. The fourth-order valence-electron chi connectivity index (χ4n) is 2.70. The van der Waals surface area contributed by atoms with Crippen LogP contribution in [0.4, 0.5) is 0 Å². The number of rotatable bonds is 3. The highest BCUT2D eigenvalue weighted by atomic mass is 16.3. The summed E-state index contributed by atoms with van der Waals surface area (Å²) < 4.78 is 5.21. The second-order valence-corrected chi connectivity index (χ2v) is 5.49. The van der Waals surface area contributed by atoms with Crippen molar-refractivity contribution in [2.45, 2.75) is 12.5 Å². The molecular formula is C16H18N2O4. The van der Waals surface area contributed by atoms with Gasteiger partial charge in [0.2, 0.25) is 0 Å². The largest absolute Gasteiger partial charge is 0.444 e. The second kappa shape index (κ2) is 6.29. The average Bonchev–Trinajstić information content (AvgIpc) is 3.09. The van der Waals surface area contributed by atoms with Crippen molar-refractivity contribution in [3.63, 3.8) is 0 Å². The number of aromatic nitrogens is 1. The van der Waals surface area contributed by atoms with Crippen molar-refractivity contribution >= 4 is 5.91 Å². The lowest BCUT2D eigenvalue weighted by molar-refractivity contribution is 0.000878. The van der Waals surface area contributed by atoms with E-state index in [0.717, 1.165) is 5.56 Å². The molecule has 2 aromatic rings. The molecule has 2 N–H and O–H groups in total. The topological polar surface area (TPSA) is 86.8 Å². The van der Waals surface area contributed by atoms with Gasteiger partial charge >= 0.3 is 0 Å². The van der Waals surface area contributed by atoms with Crippen molar-refractivity contribution in [2.75, 3.05) is 19.7 Å². The lowest BCUT2D eigenvalue weighted by atomic mass is 9.94. The minimum Gasteiger partial charge on any atom is -0.444 e. The Morgan fingerprint density at radius 1 is 1.36 bits per heavy atom. The van der Waals surface area contributed by atoms with E-state index in [1.165, 1.54) is 6.39 Å². The zero-order valence-corrected chi connectivity index (χ0v) is 12.1. The second-order valence-electron chi connectivity index (χ2n) is 5.49. The lowest BCUT2D eigenvalue weighted by Crippen LogP contribution is -2.47. The summed E-state index contributed by atoms with van der Waals surface area (Å²) in [4.78, 5) is 17.9. The number of aliphatic hydroxyl groups excluding tert-OH is 2. The third kappa shape index (κ3) is 2.88. The normalized spacial score (nSPS) is 21.8. The highest BCUT2D eigenvalue weighted by Crippen LogP contribution is 2.22. The van der Waals surface area contributed by atoms with Crippen LogP contribution in [0.5, 0.6) is 0 Å². The number of aliphatic hydroxyl groups is 2. The molecule has 1 aliphatic heterocycles. The van der Waals surface area contributed by atoms with E-state index < -0.39 is 6.10 Å². The van der Waals surface area contributed by atoms with E-state index in [4.69, 9.17) is 9.52 Å². The molecule has 6 heteroatoms. The minimum atomic E-state index is -0.670. The van der Waals surface area contributed by atoms with Crippen molar-refractivity contribution in [2.24, 2.45) is 5.92 Å². The molecule has 0 bridgehead atoms. The zero-order valence-electron chi connectivity index (χ0n) is 12.1. The third-order valence-electron chi connectivity index (χ3n) is 4.09. The number of hydrogen-bond donors (Lipinski definition) is 2. The molecule has 1 aliphatic rings. The maximum absolute atomic E-state index is 12.5. The summed E-state index contributed by atoms with van der Waals surface area (Å²) in [6, 6.07) is 7.10. The summed E-state index contributed by atoms with van der Waals surface area (Å²) in [5.74, 6) is 0.399. The van der Waals surface area contributed by atoms with Gasteiger partial charge in [-0.3, -0.25) is 4.79 Å². The molecule has 2 heterocycles. The van der Waals surface area contributed by atoms with E-state index in [-0.39, 0.29) is 25.0 Å². The van der Waals surface area contributed by atoms with Crippen LogP contribution in [-0.2, 0) is 0 Å². The molecule has 0 spiro atoms. The van der Waals surface area contributed by atoms with Crippen molar-refractivity contribution < 1.29 is 19.4 Å². The smallest absolute Gasteiger partial charge is 0.253 e. The number of likely N-dealkylation sites (tertiary alicyclic amines) is 1. The van der Waals surface area contributed by atoms with Gasteiger partial charge in [0.25, 0.3) is 5.91 Å². The Morgan fingerprint density at radius 3 is 2.73 bits per heavy atom. The van der Waals surface area contributed by atoms with Gasteiger partial charge in [-0.05, 0) is 18.6 Å². The van der Waals surface area contributed by atoms with Crippen molar-refractivity contribution in [1.82, 2.24) is 9.88 Å². The molecule has 6 nitrogen and oxygen atoms in total. The summed E-state index contributed by atoms with van der Waals surface area (Å²) in [7, 11) is 0. The number of hydrogen-bond acceptors (Lipinski definition) is 5. The maximum Gasteiger partial charge on any atom is 0.253 e. The zero-order chi connectivity index (χ0) is 15.5. The van der Waals surface area contributed by atoms with Crippen LogP contribution in [0.3, 0.4) is 0 Å². The van der Waals surface area contributed by atoms with Gasteiger partial charge in [0.05, 0.1) is 12.3 Å². The van der Waals surface area contributed by atoms with Gasteiger partial charge in [-0.25, -0.2) is 4.98 Å². The predicted molar refractivity (Wildman–Crippen MR) is 79.0 cm³/mol. The number of amides is 1. The molecule has 1 saturated heterocycles. The van der Waals surface area contributed by atoms with Crippen LogP contribution in [-0.4, -0.2) is 51.8 Å². The molecule has 3 rings (SSSR count). The van der Waals surface area contributed by atoms with Crippen LogP contribution in [0.15, 0.2) is 41.3 Å². The van der Waals surface area contributed by atoms with Crippen LogP contribution in [0, 0.1) is 5.92 Å². The molecule has 22 heavy (non-hydrogen) atoms. The number of nitrogens with zero attached hydrogens (tertiary/aromatic N) is 2. The molecule has 0 radical (unpaired) electrons. The Labute approximate surface area is 128 Å². The summed E-state index contributed by atoms with van der Waals surface area (Å²) >= 11 is 0. The van der Waals surface area contributed by atoms with E-state index in [1.807, 2.05) is 12.1 Å². The van der Waals surface area contributed by atoms with Gasteiger partial charge < -0.3 is 19.5 Å². The molecule has 0 aliphatic carbocycles. The van der Waals surface area contributed by atoms with Crippen LogP contribution >= 0.6 is 0 Å². The maximum atomic E-state index is 12.5. The van der Waals surface area contributed by atoms with Crippen molar-refractivity contribution in [3.05, 3.63) is 42.4 Å². The Bertz CT molecular complexity index is 624. The van der Waals surface area contributed by atoms with Gasteiger partial charge in [-0.15, -0.1) is 0 Å². The molecule has 2 atom stereocenters. The van der Waals surface area contributed by atoms with E-state index in [2.05, 4.69) is 4.98 Å². The predicted octanol–water partition coefficient (Wildman–Crippen LogP) is 1.16. The Morgan fingerprint density at radius 2 is 2.14 bits per heavy atom. The Balaban J connectivity index is 1.70. The summed E-state index contributed by atoms with van der Waals surface area (Å²) in [6.07, 6.45) is 2.92. The fraction of sp³-hybridized carbons (Fsp3) is 0.375.